The smallest absolute Gasteiger partial charge is 0.204 e. The van der Waals surface area contributed by atoms with Crippen molar-refractivity contribution in [3.63, 3.8) is 0 Å². The first-order valence-electron chi connectivity index (χ1n) is 7.81. The summed E-state index contributed by atoms with van der Waals surface area (Å²) in [6, 6.07) is 7.37. The van der Waals surface area contributed by atoms with Crippen molar-refractivity contribution in [2.75, 3.05) is 5.32 Å². The number of halogens is 1. The number of carbonyl (C=O) groups excluding carboxylic acids is 1. The van der Waals surface area contributed by atoms with Crippen LogP contribution in [0.1, 0.15) is 24.2 Å². The molecular formula is C18H15ClN4O. The lowest BCUT2D eigenvalue weighted by Gasteiger charge is -2.40. The molecule has 1 saturated carbocycles. The monoisotopic (exact) mass is 338 g/mol. The van der Waals surface area contributed by atoms with E-state index in [1.54, 1.807) is 18.5 Å². The summed E-state index contributed by atoms with van der Waals surface area (Å²) >= 11 is 6.22. The average Bonchev–Trinajstić information content (AvgIpc) is 3.46. The molecule has 5 nitrogen and oxygen atoms in total. The third kappa shape index (κ3) is 2.64. The highest BCUT2D eigenvalue weighted by atomic mass is 35.5. The topological polar surface area (TPSA) is 66.9 Å². The molecule has 0 amide bonds. The average molecular weight is 339 g/mol. The fourth-order valence-electron chi connectivity index (χ4n) is 3.14. The maximum Gasteiger partial charge on any atom is 0.204 e. The van der Waals surface area contributed by atoms with Crippen molar-refractivity contribution in [2.24, 2.45) is 5.92 Å². The fourth-order valence-corrected chi connectivity index (χ4v) is 3.31. The standard InChI is InChI=1S/C18H15ClN4O/c19-13-4-5-15-14(10-13)18(12-2-3-12,23-17(11-24)22-15)7-6-16-20-8-1-9-21-16/h1,4-5,8-12,17,22-23H,2-3H2. The highest BCUT2D eigenvalue weighted by molar-refractivity contribution is 6.30. The molecule has 2 heterocycles. The molecule has 2 N–H and O–H groups in total. The Labute approximate surface area is 144 Å². The van der Waals surface area contributed by atoms with Gasteiger partial charge < -0.3 is 5.32 Å². The molecule has 2 atom stereocenters. The Hall–Kier alpha value is -2.42. The van der Waals surface area contributed by atoms with E-state index in [1.807, 2.05) is 18.2 Å². The maximum absolute atomic E-state index is 11.4. The normalized spacial score (nSPS) is 25.0. The highest BCUT2D eigenvalue weighted by Crippen LogP contribution is 2.49. The maximum atomic E-state index is 11.4. The van der Waals surface area contributed by atoms with Crippen molar-refractivity contribution < 1.29 is 4.79 Å². The molecule has 6 heteroatoms. The van der Waals surface area contributed by atoms with Gasteiger partial charge in [-0.25, -0.2) is 9.97 Å². The van der Waals surface area contributed by atoms with Crippen LogP contribution in [-0.4, -0.2) is 22.4 Å². The first kappa shape index (κ1) is 15.1. The summed E-state index contributed by atoms with van der Waals surface area (Å²) in [5.74, 6) is 7.17. The Balaban J connectivity index is 1.86. The number of nitrogens with zero attached hydrogens (tertiary/aromatic N) is 2. The van der Waals surface area contributed by atoms with Crippen LogP contribution in [0.25, 0.3) is 0 Å². The van der Waals surface area contributed by atoms with Gasteiger partial charge in [0.2, 0.25) is 5.82 Å². The zero-order valence-corrected chi connectivity index (χ0v) is 13.5. The minimum Gasteiger partial charge on any atom is -0.364 e. The van der Waals surface area contributed by atoms with Gasteiger partial charge in [0.15, 0.2) is 6.29 Å². The second-order valence-electron chi connectivity index (χ2n) is 6.00. The number of rotatable bonds is 2. The van der Waals surface area contributed by atoms with Gasteiger partial charge >= 0.3 is 0 Å². The molecule has 0 bridgehead atoms. The van der Waals surface area contributed by atoms with Crippen molar-refractivity contribution >= 4 is 23.6 Å². The molecule has 0 saturated heterocycles. The Kier molecular flexibility index (Phi) is 3.72. The van der Waals surface area contributed by atoms with Gasteiger partial charge in [-0.1, -0.05) is 17.5 Å². The van der Waals surface area contributed by atoms with E-state index in [0.717, 1.165) is 30.4 Å². The number of aldehydes is 1. The fraction of sp³-hybridized carbons (Fsp3) is 0.278. The van der Waals surface area contributed by atoms with Crippen molar-refractivity contribution in [2.45, 2.75) is 24.5 Å². The van der Waals surface area contributed by atoms with Gasteiger partial charge in [-0.3, -0.25) is 10.1 Å². The number of fused-ring (bicyclic) bond motifs is 1. The Morgan fingerprint density at radius 3 is 2.79 bits per heavy atom. The molecule has 120 valence electrons. The van der Waals surface area contributed by atoms with E-state index < -0.39 is 11.7 Å². The van der Waals surface area contributed by atoms with Crippen molar-refractivity contribution in [1.82, 2.24) is 15.3 Å². The zero-order chi connectivity index (χ0) is 16.6. The SMILES string of the molecule is O=CC1Nc2ccc(Cl)cc2C(C#Cc2ncccn2)(C2CC2)N1. The van der Waals surface area contributed by atoms with Crippen LogP contribution in [0.3, 0.4) is 0 Å². The van der Waals surface area contributed by atoms with Gasteiger partial charge in [-0.15, -0.1) is 0 Å². The van der Waals surface area contributed by atoms with Crippen LogP contribution in [0, 0.1) is 17.8 Å². The first-order valence-corrected chi connectivity index (χ1v) is 8.19. The Bertz CT molecular complexity index is 841. The Morgan fingerprint density at radius 1 is 1.29 bits per heavy atom. The molecule has 0 spiro atoms. The van der Waals surface area contributed by atoms with E-state index in [1.165, 1.54) is 0 Å². The second kappa shape index (κ2) is 5.90. The molecule has 2 aliphatic rings. The van der Waals surface area contributed by atoms with Gasteiger partial charge in [-0.05, 0) is 48.9 Å². The minimum atomic E-state index is -0.629. The summed E-state index contributed by atoms with van der Waals surface area (Å²) in [7, 11) is 0. The highest BCUT2D eigenvalue weighted by Gasteiger charge is 2.50. The lowest BCUT2D eigenvalue weighted by molar-refractivity contribution is -0.109. The number of hydrogen-bond acceptors (Lipinski definition) is 5. The first-order chi connectivity index (χ1) is 11.7. The molecule has 4 rings (SSSR count). The van der Waals surface area contributed by atoms with Crippen LogP contribution >= 0.6 is 11.6 Å². The molecule has 2 aromatic rings. The summed E-state index contributed by atoms with van der Waals surface area (Å²) in [5.41, 5.74) is 1.22. The summed E-state index contributed by atoms with van der Waals surface area (Å²) in [6.45, 7) is 0. The van der Waals surface area contributed by atoms with Gasteiger partial charge in [0, 0.05) is 28.7 Å². The van der Waals surface area contributed by atoms with Crippen LogP contribution < -0.4 is 10.6 Å². The molecule has 1 fully saturated rings. The van der Waals surface area contributed by atoms with E-state index in [0.29, 0.717) is 16.8 Å². The molecule has 1 aliphatic carbocycles. The number of anilines is 1. The zero-order valence-electron chi connectivity index (χ0n) is 12.8. The lowest BCUT2D eigenvalue weighted by Crippen LogP contribution is -2.56. The quantitative estimate of drug-likeness (QED) is 0.650. The molecule has 24 heavy (non-hydrogen) atoms. The number of benzene rings is 1. The second-order valence-corrected chi connectivity index (χ2v) is 6.43. The lowest BCUT2D eigenvalue weighted by atomic mass is 9.82. The number of aromatic nitrogens is 2. The predicted octanol–water partition coefficient (Wildman–Crippen LogP) is 2.33. The van der Waals surface area contributed by atoms with Crippen molar-refractivity contribution in [3.05, 3.63) is 53.1 Å². The van der Waals surface area contributed by atoms with Crippen LogP contribution in [0.5, 0.6) is 0 Å². The van der Waals surface area contributed by atoms with Gasteiger partial charge in [0.1, 0.15) is 11.7 Å². The molecule has 1 aromatic carbocycles. The van der Waals surface area contributed by atoms with Crippen LogP contribution in [-0.2, 0) is 10.3 Å². The number of nitrogens with one attached hydrogen (secondary N) is 2. The summed E-state index contributed by atoms with van der Waals surface area (Å²) in [6.07, 6.45) is 5.79. The van der Waals surface area contributed by atoms with E-state index in [4.69, 9.17) is 11.6 Å². The largest absolute Gasteiger partial charge is 0.364 e. The van der Waals surface area contributed by atoms with E-state index in [9.17, 15) is 4.79 Å². The summed E-state index contributed by atoms with van der Waals surface area (Å²) in [4.78, 5) is 19.7. The molecule has 0 radical (unpaired) electrons. The number of hydrogen-bond donors (Lipinski definition) is 2. The molecule has 1 aliphatic heterocycles. The molecular weight excluding hydrogens is 324 g/mol. The van der Waals surface area contributed by atoms with Crippen LogP contribution in [0.15, 0.2) is 36.7 Å². The summed E-state index contributed by atoms with van der Waals surface area (Å²) in [5, 5.41) is 7.18. The Morgan fingerprint density at radius 2 is 2.08 bits per heavy atom. The third-order valence-electron chi connectivity index (χ3n) is 4.36. The minimum absolute atomic E-state index is 0.329. The van der Waals surface area contributed by atoms with Crippen molar-refractivity contribution in [3.8, 4) is 11.8 Å². The van der Waals surface area contributed by atoms with E-state index in [-0.39, 0.29) is 0 Å². The summed E-state index contributed by atoms with van der Waals surface area (Å²) < 4.78 is 0. The molecule has 2 unspecified atom stereocenters. The third-order valence-corrected chi connectivity index (χ3v) is 4.60. The van der Waals surface area contributed by atoms with Crippen LogP contribution in [0.2, 0.25) is 5.02 Å². The van der Waals surface area contributed by atoms with E-state index in [2.05, 4.69) is 32.4 Å². The van der Waals surface area contributed by atoms with Gasteiger partial charge in [0.25, 0.3) is 0 Å². The van der Waals surface area contributed by atoms with Gasteiger partial charge in [0.05, 0.1) is 0 Å². The van der Waals surface area contributed by atoms with Crippen LogP contribution in [0.4, 0.5) is 5.69 Å². The van der Waals surface area contributed by atoms with Crippen molar-refractivity contribution in [1.29, 1.82) is 0 Å². The number of carbonyl (C=O) groups is 1. The van der Waals surface area contributed by atoms with Gasteiger partial charge in [-0.2, -0.15) is 0 Å². The predicted molar refractivity (Wildman–Crippen MR) is 91.4 cm³/mol. The molecule has 1 aromatic heterocycles. The van der Waals surface area contributed by atoms with E-state index >= 15 is 0 Å².